The first kappa shape index (κ1) is 39.4. The van der Waals surface area contributed by atoms with Crippen molar-refractivity contribution < 1.29 is 51.6 Å². The van der Waals surface area contributed by atoms with Gasteiger partial charge in [-0.3, -0.25) is 9.36 Å². The van der Waals surface area contributed by atoms with Crippen LogP contribution in [-0.4, -0.2) is 43.7 Å². The summed E-state index contributed by atoms with van der Waals surface area (Å²) in [6.07, 6.45) is 7.29. The largest absolute Gasteiger partial charge is 2.00 e. The van der Waals surface area contributed by atoms with Crippen LogP contribution in [0.4, 0.5) is 0 Å². The van der Waals surface area contributed by atoms with E-state index in [1.54, 1.807) is 36.0 Å². The number of methoxy groups -OCH3 is 2. The molecule has 10 rings (SSSR count). The molecule has 0 saturated carbocycles. The summed E-state index contributed by atoms with van der Waals surface area (Å²) in [6.45, 7) is 0. The van der Waals surface area contributed by atoms with Gasteiger partial charge in [-0.15, -0.1) is 12.1 Å². The van der Waals surface area contributed by atoms with Crippen LogP contribution in [0.3, 0.4) is 0 Å². The molecule has 0 atom stereocenters. The van der Waals surface area contributed by atoms with Crippen LogP contribution in [0.2, 0.25) is 0 Å². The van der Waals surface area contributed by atoms with E-state index in [-0.39, 0.29) is 42.1 Å². The molecule has 54 heavy (non-hydrogen) atoms. The van der Waals surface area contributed by atoms with Gasteiger partial charge in [0, 0.05) is 24.8 Å². The van der Waals surface area contributed by atoms with E-state index in [0.29, 0.717) is 11.8 Å². The molecular formula is C42H32N8O2Pt2. The minimum absolute atomic E-state index is 0. The molecule has 4 aromatic carbocycles. The fraction of sp³-hybridized carbons (Fsp3) is 0.0476. The number of para-hydroxylation sites is 4. The maximum absolute atomic E-state index is 5.07. The van der Waals surface area contributed by atoms with Gasteiger partial charge in [0.15, 0.2) is 0 Å². The smallest absolute Gasteiger partial charge is 0.500 e. The van der Waals surface area contributed by atoms with Gasteiger partial charge < -0.3 is 29.4 Å². The molecule has 0 bridgehead atoms. The van der Waals surface area contributed by atoms with E-state index in [1.165, 1.54) is 0 Å². The number of benzene rings is 4. The predicted octanol–water partition coefficient (Wildman–Crippen LogP) is 8.05. The number of aromatic nitrogens is 8. The Morgan fingerprint density at radius 3 is 1.28 bits per heavy atom. The van der Waals surface area contributed by atoms with Crippen molar-refractivity contribution in [2.45, 2.75) is 0 Å². The molecule has 0 amide bonds. The monoisotopic (exact) mass is 1070 g/mol. The van der Waals surface area contributed by atoms with Gasteiger partial charge in [-0.2, -0.15) is 58.7 Å². The maximum Gasteiger partial charge on any atom is 2.00 e. The number of pyridine rings is 2. The van der Waals surface area contributed by atoms with Gasteiger partial charge in [0.05, 0.1) is 14.2 Å². The molecule has 0 unspecified atom stereocenters. The van der Waals surface area contributed by atoms with Crippen LogP contribution < -0.4 is 19.4 Å². The Morgan fingerprint density at radius 2 is 0.907 bits per heavy atom. The number of ether oxygens (including phenoxy) is 2. The molecule has 6 heterocycles. The molecular weight excluding hydrogens is 1040 g/mol. The van der Waals surface area contributed by atoms with Crippen molar-refractivity contribution in [2.24, 2.45) is 0 Å². The van der Waals surface area contributed by atoms with E-state index in [4.69, 9.17) is 9.47 Å². The first-order valence-electron chi connectivity index (χ1n) is 16.4. The summed E-state index contributed by atoms with van der Waals surface area (Å²) in [5.74, 6) is 1.20. The van der Waals surface area contributed by atoms with Gasteiger partial charge in [-0.25, -0.2) is 0 Å². The zero-order valence-corrected chi connectivity index (χ0v) is 33.6. The van der Waals surface area contributed by atoms with Crippen molar-refractivity contribution in [3.05, 3.63) is 170 Å². The number of hydrogen-bond acceptors (Lipinski definition) is 6. The van der Waals surface area contributed by atoms with Crippen molar-refractivity contribution >= 4 is 43.9 Å². The van der Waals surface area contributed by atoms with Crippen molar-refractivity contribution in [3.8, 4) is 23.1 Å². The molecule has 272 valence electrons. The van der Waals surface area contributed by atoms with Crippen LogP contribution in [0.25, 0.3) is 55.2 Å². The van der Waals surface area contributed by atoms with E-state index in [2.05, 4.69) is 54.4 Å². The Hall–Kier alpha value is -5.82. The molecule has 0 radical (unpaired) electrons. The number of nitrogens with zero attached hydrogens (tertiary/aromatic N) is 8. The molecule has 10 aromatic rings. The Balaban J connectivity index is 0.000000138. The van der Waals surface area contributed by atoms with E-state index in [9.17, 15) is 0 Å². The summed E-state index contributed by atoms with van der Waals surface area (Å²) in [5.41, 5.74) is 5.39. The van der Waals surface area contributed by atoms with Gasteiger partial charge >= 0.3 is 42.1 Å². The average molecular weight is 1070 g/mol. The summed E-state index contributed by atoms with van der Waals surface area (Å²) >= 11 is 0. The van der Waals surface area contributed by atoms with Crippen LogP contribution in [0.1, 0.15) is 0 Å². The van der Waals surface area contributed by atoms with Gasteiger partial charge in [0.25, 0.3) is 0 Å². The van der Waals surface area contributed by atoms with E-state index in [0.717, 1.165) is 55.2 Å². The summed E-state index contributed by atoms with van der Waals surface area (Å²) in [4.78, 5) is 17.5. The fourth-order valence-electron chi connectivity index (χ4n) is 5.38. The van der Waals surface area contributed by atoms with Crippen LogP contribution >= 0.6 is 0 Å². The normalized spacial score (nSPS) is 10.1. The minimum atomic E-state index is 0. The average Bonchev–Trinajstić information content (AvgIpc) is 4.05. The predicted molar refractivity (Wildman–Crippen MR) is 203 cm³/mol. The first-order chi connectivity index (χ1) is 25.7. The third-order valence-electron chi connectivity index (χ3n) is 7.85. The van der Waals surface area contributed by atoms with Crippen molar-refractivity contribution in [1.82, 2.24) is 39.5 Å². The number of hydrogen-bond donors (Lipinski definition) is 0. The van der Waals surface area contributed by atoms with Gasteiger partial charge in [0.2, 0.25) is 0 Å². The Morgan fingerprint density at radius 1 is 0.481 bits per heavy atom. The van der Waals surface area contributed by atoms with Crippen molar-refractivity contribution in [1.29, 1.82) is 0 Å². The van der Waals surface area contributed by atoms with E-state index in [1.807, 2.05) is 134 Å². The maximum atomic E-state index is 5.07. The quantitative estimate of drug-likeness (QED) is 0.163. The number of fused-ring (bicyclic) bond motifs is 6. The zero-order chi connectivity index (χ0) is 35.5. The molecule has 0 fully saturated rings. The SMILES string of the molecule is COc1ccc2c(n1)[n-]c1ccccc12.COc1ccc2c(n1)[n-]c1ccccc12.[Pt+2].[Pt+2].[c-]1ccccc1-n1cccn1.[c-]1ccccc1-n1cccn1. The minimum Gasteiger partial charge on any atom is -0.500 e. The molecule has 0 spiro atoms. The van der Waals surface area contributed by atoms with Crippen LogP contribution in [-0.2, 0) is 42.1 Å². The second-order valence-electron chi connectivity index (χ2n) is 11.1. The Kier molecular flexibility index (Phi) is 14.1. The summed E-state index contributed by atoms with van der Waals surface area (Å²) in [6, 6.07) is 49.2. The summed E-state index contributed by atoms with van der Waals surface area (Å²) in [5, 5.41) is 12.6. The van der Waals surface area contributed by atoms with E-state index < -0.39 is 0 Å². The molecule has 12 heteroatoms. The Labute approximate surface area is 340 Å². The third-order valence-corrected chi connectivity index (χ3v) is 7.85. The van der Waals surface area contributed by atoms with Gasteiger partial charge in [-0.05, 0) is 79.5 Å². The molecule has 10 nitrogen and oxygen atoms in total. The zero-order valence-electron chi connectivity index (χ0n) is 29.0. The molecule has 6 aromatic heterocycles. The molecule has 0 aliphatic rings. The second-order valence-corrected chi connectivity index (χ2v) is 11.1. The van der Waals surface area contributed by atoms with E-state index >= 15 is 0 Å². The fourth-order valence-corrected chi connectivity index (χ4v) is 5.38. The molecule has 0 aliphatic heterocycles. The topological polar surface area (TPSA) is 108 Å². The van der Waals surface area contributed by atoms with Crippen molar-refractivity contribution in [3.63, 3.8) is 0 Å². The van der Waals surface area contributed by atoms with Crippen LogP contribution in [0.5, 0.6) is 11.8 Å². The molecule has 0 saturated heterocycles. The summed E-state index contributed by atoms with van der Waals surface area (Å²) in [7, 11) is 3.22. The van der Waals surface area contributed by atoms with Crippen LogP contribution in [0.15, 0.2) is 158 Å². The molecule has 0 aliphatic carbocycles. The van der Waals surface area contributed by atoms with Gasteiger partial charge in [0.1, 0.15) is 11.8 Å². The second kappa shape index (κ2) is 19.3. The third kappa shape index (κ3) is 9.39. The van der Waals surface area contributed by atoms with Crippen LogP contribution in [0, 0.1) is 12.1 Å². The Bertz CT molecular complexity index is 2430. The van der Waals surface area contributed by atoms with Gasteiger partial charge in [-0.1, -0.05) is 60.7 Å². The standard InChI is InChI=1S/2C12H9N2O.2C9H7N2.2Pt/c2*1-15-11-7-6-9-8-4-2-3-5-10(8)13-12(9)14-11;2*1-2-5-9(6-3-1)11-8-4-7-10-11;;/h2*2-7H,1H3;2*1-5,7-8H;;/q4*-1;2*+2. The number of rotatable bonds is 4. The molecule has 0 N–H and O–H groups in total. The summed E-state index contributed by atoms with van der Waals surface area (Å²) < 4.78 is 13.7. The first-order valence-corrected chi connectivity index (χ1v) is 16.4. The van der Waals surface area contributed by atoms with Crippen molar-refractivity contribution in [2.75, 3.05) is 14.2 Å².